The van der Waals surface area contributed by atoms with Gasteiger partial charge in [0.2, 0.25) is 0 Å². The SMILES string of the molecule is Cc1cc(Br)ccc1C1[C@H](C#N)C1(C)C. The first-order chi connectivity index (χ1) is 6.98. The molecule has 0 bridgehead atoms. The number of hydrogen-bond acceptors (Lipinski definition) is 1. The van der Waals surface area contributed by atoms with Gasteiger partial charge in [0, 0.05) is 10.4 Å². The Hall–Kier alpha value is -0.810. The lowest BCUT2D eigenvalue weighted by molar-refractivity contribution is 0.596. The molecule has 0 N–H and O–H groups in total. The Morgan fingerprint density at radius 3 is 2.53 bits per heavy atom. The highest BCUT2D eigenvalue weighted by Gasteiger charge is 2.59. The van der Waals surface area contributed by atoms with E-state index in [1.807, 2.05) is 0 Å². The third kappa shape index (κ3) is 1.59. The quantitative estimate of drug-likeness (QED) is 0.751. The van der Waals surface area contributed by atoms with E-state index in [0.29, 0.717) is 5.92 Å². The zero-order valence-electron chi connectivity index (χ0n) is 9.21. The number of benzene rings is 1. The van der Waals surface area contributed by atoms with Gasteiger partial charge >= 0.3 is 0 Å². The summed E-state index contributed by atoms with van der Waals surface area (Å²) in [4.78, 5) is 0. The van der Waals surface area contributed by atoms with Crippen molar-refractivity contribution in [2.75, 3.05) is 0 Å². The lowest BCUT2D eigenvalue weighted by Gasteiger charge is -2.07. The smallest absolute Gasteiger partial charge is 0.0668 e. The van der Waals surface area contributed by atoms with Gasteiger partial charge in [-0.3, -0.25) is 0 Å². The molecule has 0 radical (unpaired) electrons. The van der Waals surface area contributed by atoms with Crippen LogP contribution in [0.1, 0.15) is 30.9 Å². The Morgan fingerprint density at radius 1 is 1.40 bits per heavy atom. The minimum absolute atomic E-state index is 0.146. The summed E-state index contributed by atoms with van der Waals surface area (Å²) in [7, 11) is 0. The third-order valence-electron chi connectivity index (χ3n) is 3.53. The number of nitrogens with zero attached hydrogens (tertiary/aromatic N) is 1. The molecule has 2 heteroatoms. The van der Waals surface area contributed by atoms with Crippen LogP contribution in [-0.4, -0.2) is 0 Å². The Kier molecular flexibility index (Phi) is 2.39. The molecule has 1 aromatic rings. The second kappa shape index (κ2) is 3.35. The minimum Gasteiger partial charge on any atom is -0.198 e. The molecule has 2 atom stereocenters. The summed E-state index contributed by atoms with van der Waals surface area (Å²) in [5.41, 5.74) is 2.75. The maximum Gasteiger partial charge on any atom is 0.0668 e. The normalized spacial score (nSPS) is 27.1. The van der Waals surface area contributed by atoms with E-state index in [1.165, 1.54) is 11.1 Å². The van der Waals surface area contributed by atoms with Gasteiger partial charge in [-0.1, -0.05) is 35.8 Å². The van der Waals surface area contributed by atoms with Crippen molar-refractivity contribution in [3.8, 4) is 6.07 Å². The molecular weight excluding hydrogens is 250 g/mol. The van der Waals surface area contributed by atoms with Crippen LogP contribution in [0, 0.1) is 29.6 Å². The van der Waals surface area contributed by atoms with Crippen molar-refractivity contribution in [1.82, 2.24) is 0 Å². The molecule has 1 aromatic carbocycles. The summed E-state index contributed by atoms with van der Waals surface area (Å²) < 4.78 is 1.11. The van der Waals surface area contributed by atoms with Crippen molar-refractivity contribution in [2.24, 2.45) is 11.3 Å². The van der Waals surface area contributed by atoms with Crippen LogP contribution in [0.15, 0.2) is 22.7 Å². The van der Waals surface area contributed by atoms with Crippen LogP contribution in [0.3, 0.4) is 0 Å². The maximum absolute atomic E-state index is 9.06. The van der Waals surface area contributed by atoms with Crippen LogP contribution in [-0.2, 0) is 0 Å². The fourth-order valence-corrected chi connectivity index (χ4v) is 2.92. The van der Waals surface area contributed by atoms with Crippen molar-refractivity contribution in [3.05, 3.63) is 33.8 Å². The fourth-order valence-electron chi connectivity index (χ4n) is 2.45. The molecule has 1 fully saturated rings. The molecule has 1 aliphatic rings. The summed E-state index contributed by atoms with van der Waals surface area (Å²) in [5.74, 6) is 0.591. The van der Waals surface area contributed by atoms with Crippen LogP contribution in [0.5, 0.6) is 0 Å². The van der Waals surface area contributed by atoms with Crippen LogP contribution in [0.4, 0.5) is 0 Å². The second-order valence-corrected chi connectivity index (χ2v) is 5.82. The average Bonchev–Trinajstić information content (AvgIpc) is 2.68. The second-order valence-electron chi connectivity index (χ2n) is 4.91. The number of nitriles is 1. The Labute approximate surface area is 99.2 Å². The molecule has 0 spiro atoms. The molecule has 0 aromatic heterocycles. The monoisotopic (exact) mass is 263 g/mol. The number of rotatable bonds is 1. The van der Waals surface area contributed by atoms with Gasteiger partial charge in [0.05, 0.1) is 12.0 Å². The third-order valence-corrected chi connectivity index (χ3v) is 4.03. The Bertz CT molecular complexity index is 442. The van der Waals surface area contributed by atoms with Crippen LogP contribution >= 0.6 is 15.9 Å². The molecule has 15 heavy (non-hydrogen) atoms. The molecule has 1 saturated carbocycles. The lowest BCUT2D eigenvalue weighted by Crippen LogP contribution is -1.92. The Balaban J connectivity index is 2.38. The van der Waals surface area contributed by atoms with Gasteiger partial charge in [0.1, 0.15) is 0 Å². The van der Waals surface area contributed by atoms with Crippen LogP contribution < -0.4 is 0 Å². The average molecular weight is 264 g/mol. The van der Waals surface area contributed by atoms with E-state index in [2.05, 4.69) is 61.0 Å². The van der Waals surface area contributed by atoms with Crippen LogP contribution in [0.25, 0.3) is 0 Å². The van der Waals surface area contributed by atoms with Gasteiger partial charge < -0.3 is 0 Å². The van der Waals surface area contributed by atoms with Gasteiger partial charge in [-0.05, 0) is 35.6 Å². The highest BCUT2D eigenvalue weighted by atomic mass is 79.9. The van der Waals surface area contributed by atoms with E-state index in [9.17, 15) is 0 Å². The van der Waals surface area contributed by atoms with E-state index in [0.717, 1.165) is 4.47 Å². The highest BCUT2D eigenvalue weighted by Crippen LogP contribution is 2.64. The van der Waals surface area contributed by atoms with E-state index in [-0.39, 0.29) is 11.3 Å². The van der Waals surface area contributed by atoms with Crippen molar-refractivity contribution >= 4 is 15.9 Å². The first-order valence-corrected chi connectivity index (χ1v) is 5.93. The van der Waals surface area contributed by atoms with Crippen molar-refractivity contribution < 1.29 is 0 Å². The van der Waals surface area contributed by atoms with Crippen LogP contribution in [0.2, 0.25) is 0 Å². The summed E-state index contributed by atoms with van der Waals surface area (Å²) in [6.07, 6.45) is 0. The van der Waals surface area contributed by atoms with E-state index in [4.69, 9.17) is 5.26 Å². The van der Waals surface area contributed by atoms with E-state index < -0.39 is 0 Å². The predicted molar refractivity (Wildman–Crippen MR) is 64.5 cm³/mol. The van der Waals surface area contributed by atoms with Crippen molar-refractivity contribution in [2.45, 2.75) is 26.7 Å². The summed E-state index contributed by atoms with van der Waals surface area (Å²) in [5, 5.41) is 9.06. The predicted octanol–water partition coefficient (Wildman–Crippen LogP) is 4.02. The number of aryl methyl sites for hydroxylation is 1. The summed E-state index contributed by atoms with van der Waals surface area (Å²) in [6.45, 7) is 6.46. The number of hydrogen-bond donors (Lipinski definition) is 0. The topological polar surface area (TPSA) is 23.8 Å². The molecule has 78 valence electrons. The minimum atomic E-state index is 0.146. The molecule has 1 nitrogen and oxygen atoms in total. The zero-order valence-corrected chi connectivity index (χ0v) is 10.8. The van der Waals surface area contributed by atoms with Gasteiger partial charge in [0.25, 0.3) is 0 Å². The molecular formula is C13H14BrN. The first kappa shape index (κ1) is 10.7. The molecule has 0 heterocycles. The molecule has 0 saturated heterocycles. The molecule has 0 amide bonds. The Morgan fingerprint density at radius 2 is 2.07 bits per heavy atom. The van der Waals surface area contributed by atoms with Crippen molar-refractivity contribution in [1.29, 1.82) is 5.26 Å². The fraction of sp³-hybridized carbons (Fsp3) is 0.462. The zero-order chi connectivity index (χ0) is 11.2. The van der Waals surface area contributed by atoms with Gasteiger partial charge in [-0.2, -0.15) is 5.26 Å². The standard InChI is InChI=1S/C13H14BrN/c1-8-6-9(14)4-5-10(8)12-11(7-15)13(12,2)3/h4-6,11-12H,1-3H3/t11-,12?/m0/s1. The molecule has 1 unspecified atom stereocenters. The first-order valence-electron chi connectivity index (χ1n) is 5.14. The van der Waals surface area contributed by atoms with Gasteiger partial charge in [-0.15, -0.1) is 0 Å². The largest absolute Gasteiger partial charge is 0.198 e. The maximum atomic E-state index is 9.06. The molecule has 1 aliphatic carbocycles. The van der Waals surface area contributed by atoms with Crippen molar-refractivity contribution in [3.63, 3.8) is 0 Å². The van der Waals surface area contributed by atoms with E-state index in [1.54, 1.807) is 0 Å². The number of halogens is 1. The van der Waals surface area contributed by atoms with Gasteiger partial charge in [-0.25, -0.2) is 0 Å². The van der Waals surface area contributed by atoms with E-state index >= 15 is 0 Å². The van der Waals surface area contributed by atoms with Gasteiger partial charge in [0.15, 0.2) is 0 Å². The molecule has 0 aliphatic heterocycles. The summed E-state index contributed by atoms with van der Waals surface area (Å²) in [6, 6.07) is 8.73. The highest BCUT2D eigenvalue weighted by molar-refractivity contribution is 9.10. The summed E-state index contributed by atoms with van der Waals surface area (Å²) >= 11 is 3.46. The molecule has 2 rings (SSSR count). The lowest BCUT2D eigenvalue weighted by atomic mass is 9.99.